The first-order chi connectivity index (χ1) is 10.1. The Hall–Kier alpha value is -1.19. The van der Waals surface area contributed by atoms with Gasteiger partial charge in [0, 0.05) is 17.3 Å². The summed E-state index contributed by atoms with van der Waals surface area (Å²) in [5.74, 6) is 0.888. The SMILES string of the molecule is CCCOc1ccc(CNc2ccc(C)c(Cl)c2)cc1Br. The van der Waals surface area contributed by atoms with Crippen LogP contribution in [-0.4, -0.2) is 6.61 Å². The fourth-order valence-corrected chi connectivity index (χ4v) is 2.61. The highest BCUT2D eigenvalue weighted by atomic mass is 79.9. The monoisotopic (exact) mass is 367 g/mol. The van der Waals surface area contributed by atoms with Crippen LogP contribution in [0.15, 0.2) is 40.9 Å². The Morgan fingerprint density at radius 1 is 1.19 bits per heavy atom. The van der Waals surface area contributed by atoms with Crippen LogP contribution in [0, 0.1) is 6.92 Å². The van der Waals surface area contributed by atoms with Crippen LogP contribution in [-0.2, 0) is 6.54 Å². The van der Waals surface area contributed by atoms with Crippen molar-refractivity contribution in [1.29, 1.82) is 0 Å². The second-order valence-corrected chi connectivity index (χ2v) is 6.19. The van der Waals surface area contributed by atoms with Crippen LogP contribution in [0.25, 0.3) is 0 Å². The van der Waals surface area contributed by atoms with Crippen molar-refractivity contribution in [2.24, 2.45) is 0 Å². The van der Waals surface area contributed by atoms with Crippen molar-refractivity contribution < 1.29 is 4.74 Å². The average molecular weight is 369 g/mol. The lowest BCUT2D eigenvalue weighted by Crippen LogP contribution is -2.01. The minimum absolute atomic E-state index is 0.734. The molecule has 0 radical (unpaired) electrons. The van der Waals surface area contributed by atoms with Crippen molar-refractivity contribution in [2.75, 3.05) is 11.9 Å². The Labute approximate surface area is 139 Å². The van der Waals surface area contributed by atoms with E-state index in [4.69, 9.17) is 16.3 Å². The number of hydrogen-bond acceptors (Lipinski definition) is 2. The molecule has 0 saturated carbocycles. The zero-order valence-electron chi connectivity index (χ0n) is 12.2. The molecule has 0 fully saturated rings. The van der Waals surface area contributed by atoms with Gasteiger partial charge < -0.3 is 10.1 Å². The van der Waals surface area contributed by atoms with Gasteiger partial charge in [0.1, 0.15) is 5.75 Å². The number of anilines is 1. The third-order valence-electron chi connectivity index (χ3n) is 3.13. The Kier molecular flexibility index (Phi) is 5.95. The standard InChI is InChI=1S/C17H19BrClNO/c1-3-8-21-17-7-5-13(9-15(17)18)11-20-14-6-4-12(2)16(19)10-14/h4-7,9-10,20H,3,8,11H2,1-2H3. The summed E-state index contributed by atoms with van der Waals surface area (Å²) in [5.41, 5.74) is 3.29. The molecule has 0 aliphatic heterocycles. The highest BCUT2D eigenvalue weighted by molar-refractivity contribution is 9.10. The van der Waals surface area contributed by atoms with Crippen LogP contribution in [0.5, 0.6) is 5.75 Å². The molecular formula is C17H19BrClNO. The summed E-state index contributed by atoms with van der Waals surface area (Å²) in [7, 11) is 0. The van der Waals surface area contributed by atoms with Gasteiger partial charge in [0.25, 0.3) is 0 Å². The van der Waals surface area contributed by atoms with E-state index in [1.54, 1.807) is 0 Å². The molecule has 0 bridgehead atoms. The van der Waals surface area contributed by atoms with Crippen LogP contribution >= 0.6 is 27.5 Å². The minimum Gasteiger partial charge on any atom is -0.492 e. The Morgan fingerprint density at radius 2 is 2.00 bits per heavy atom. The van der Waals surface area contributed by atoms with Crippen molar-refractivity contribution in [3.05, 3.63) is 57.0 Å². The van der Waals surface area contributed by atoms with Crippen molar-refractivity contribution in [1.82, 2.24) is 0 Å². The lowest BCUT2D eigenvalue weighted by molar-refractivity contribution is 0.315. The molecular weight excluding hydrogens is 350 g/mol. The van der Waals surface area contributed by atoms with E-state index in [9.17, 15) is 0 Å². The molecule has 0 unspecified atom stereocenters. The molecule has 112 valence electrons. The van der Waals surface area contributed by atoms with E-state index in [0.29, 0.717) is 0 Å². The molecule has 0 atom stereocenters. The Bertz CT molecular complexity index is 616. The highest BCUT2D eigenvalue weighted by Gasteiger charge is 2.03. The van der Waals surface area contributed by atoms with Crippen LogP contribution in [0.1, 0.15) is 24.5 Å². The van der Waals surface area contributed by atoms with Crippen LogP contribution < -0.4 is 10.1 Å². The predicted octanol–water partition coefficient (Wildman–Crippen LogP) is 5.81. The molecule has 0 saturated heterocycles. The topological polar surface area (TPSA) is 21.3 Å². The molecule has 0 heterocycles. The van der Waals surface area contributed by atoms with E-state index in [1.807, 2.05) is 31.2 Å². The number of aryl methyl sites for hydroxylation is 1. The lowest BCUT2D eigenvalue weighted by atomic mass is 10.2. The third kappa shape index (κ3) is 4.65. The first-order valence-corrected chi connectivity index (χ1v) is 8.18. The summed E-state index contributed by atoms with van der Waals surface area (Å²) in [6.07, 6.45) is 1.00. The van der Waals surface area contributed by atoms with Crippen molar-refractivity contribution >= 4 is 33.2 Å². The molecule has 0 amide bonds. The second kappa shape index (κ2) is 7.71. The number of ether oxygens (including phenoxy) is 1. The lowest BCUT2D eigenvalue weighted by Gasteiger charge is -2.11. The van der Waals surface area contributed by atoms with Crippen LogP contribution in [0.4, 0.5) is 5.69 Å². The predicted molar refractivity (Wildman–Crippen MR) is 93.4 cm³/mol. The number of hydrogen-bond donors (Lipinski definition) is 1. The van der Waals surface area contributed by atoms with E-state index in [0.717, 1.165) is 46.1 Å². The van der Waals surface area contributed by atoms with Gasteiger partial charge in [0.05, 0.1) is 11.1 Å². The summed E-state index contributed by atoms with van der Waals surface area (Å²) < 4.78 is 6.63. The number of nitrogens with one attached hydrogen (secondary N) is 1. The maximum absolute atomic E-state index is 6.13. The van der Waals surface area contributed by atoms with E-state index in [1.165, 1.54) is 5.56 Å². The van der Waals surface area contributed by atoms with Crippen molar-refractivity contribution in [3.63, 3.8) is 0 Å². The van der Waals surface area contributed by atoms with Gasteiger partial charge in [-0.3, -0.25) is 0 Å². The van der Waals surface area contributed by atoms with E-state index >= 15 is 0 Å². The molecule has 2 nitrogen and oxygen atoms in total. The second-order valence-electron chi connectivity index (χ2n) is 4.93. The minimum atomic E-state index is 0.734. The average Bonchev–Trinajstić information content (AvgIpc) is 2.47. The first-order valence-electron chi connectivity index (χ1n) is 7.01. The van der Waals surface area contributed by atoms with Crippen molar-refractivity contribution in [3.8, 4) is 5.75 Å². The fraction of sp³-hybridized carbons (Fsp3) is 0.294. The number of rotatable bonds is 6. The molecule has 1 N–H and O–H groups in total. The zero-order valence-corrected chi connectivity index (χ0v) is 14.6. The van der Waals surface area contributed by atoms with Crippen molar-refractivity contribution in [2.45, 2.75) is 26.8 Å². The summed E-state index contributed by atoms with van der Waals surface area (Å²) >= 11 is 9.68. The molecule has 0 aromatic heterocycles. The van der Waals surface area contributed by atoms with E-state index in [-0.39, 0.29) is 0 Å². The van der Waals surface area contributed by atoms with Gasteiger partial charge in [-0.15, -0.1) is 0 Å². The maximum Gasteiger partial charge on any atom is 0.133 e. The van der Waals surface area contributed by atoms with Gasteiger partial charge in [-0.1, -0.05) is 30.7 Å². The van der Waals surface area contributed by atoms with Gasteiger partial charge in [-0.2, -0.15) is 0 Å². The highest BCUT2D eigenvalue weighted by Crippen LogP contribution is 2.27. The Morgan fingerprint density at radius 3 is 2.67 bits per heavy atom. The smallest absolute Gasteiger partial charge is 0.133 e. The van der Waals surface area contributed by atoms with Gasteiger partial charge in [0.2, 0.25) is 0 Å². The van der Waals surface area contributed by atoms with E-state index < -0.39 is 0 Å². The zero-order chi connectivity index (χ0) is 15.2. The summed E-state index contributed by atoms with van der Waals surface area (Å²) in [6, 6.07) is 12.1. The summed E-state index contributed by atoms with van der Waals surface area (Å²) in [6.45, 7) is 5.57. The fourth-order valence-electron chi connectivity index (χ4n) is 1.89. The van der Waals surface area contributed by atoms with Crippen LogP contribution in [0.3, 0.4) is 0 Å². The van der Waals surface area contributed by atoms with Gasteiger partial charge in [-0.25, -0.2) is 0 Å². The van der Waals surface area contributed by atoms with Gasteiger partial charge >= 0.3 is 0 Å². The number of halogens is 2. The van der Waals surface area contributed by atoms with Gasteiger partial charge in [-0.05, 0) is 64.7 Å². The molecule has 2 aromatic rings. The Balaban J connectivity index is 1.99. The molecule has 21 heavy (non-hydrogen) atoms. The first kappa shape index (κ1) is 16.2. The van der Waals surface area contributed by atoms with Gasteiger partial charge in [0.15, 0.2) is 0 Å². The van der Waals surface area contributed by atoms with E-state index in [2.05, 4.69) is 40.3 Å². The molecule has 4 heteroatoms. The largest absolute Gasteiger partial charge is 0.492 e. The molecule has 2 rings (SSSR count). The summed E-state index contributed by atoms with van der Waals surface area (Å²) in [5, 5.41) is 4.15. The molecule has 2 aromatic carbocycles. The molecule has 0 aliphatic carbocycles. The maximum atomic E-state index is 6.13. The molecule has 0 spiro atoms. The number of benzene rings is 2. The molecule has 0 aliphatic rings. The third-order valence-corrected chi connectivity index (χ3v) is 4.15. The van der Waals surface area contributed by atoms with Crippen LogP contribution in [0.2, 0.25) is 5.02 Å². The normalized spacial score (nSPS) is 10.5. The quantitative estimate of drug-likeness (QED) is 0.694. The summed E-state index contributed by atoms with van der Waals surface area (Å²) in [4.78, 5) is 0.